The summed E-state index contributed by atoms with van der Waals surface area (Å²) in [7, 11) is 0. The predicted octanol–water partition coefficient (Wildman–Crippen LogP) is 5.49. The average molecular weight is 522 g/mol. The van der Waals surface area contributed by atoms with Crippen molar-refractivity contribution in [1.29, 1.82) is 0 Å². The molecule has 2 aliphatic heterocycles. The molecule has 0 radical (unpaired) electrons. The van der Waals surface area contributed by atoms with Gasteiger partial charge in [0, 0.05) is 17.3 Å². The second-order valence-corrected chi connectivity index (χ2v) is 8.69. The third kappa shape index (κ3) is 4.44. The number of carbonyl (C=O) groups is 2. The molecule has 1 amide bonds. The zero-order valence-corrected chi connectivity index (χ0v) is 20.9. The van der Waals surface area contributed by atoms with Gasteiger partial charge < -0.3 is 24.1 Å². The van der Waals surface area contributed by atoms with Crippen LogP contribution in [0.15, 0.2) is 66.2 Å². The number of aliphatic hydroxyl groups excluding tert-OH is 1. The molecule has 37 heavy (non-hydrogen) atoms. The van der Waals surface area contributed by atoms with E-state index in [1.54, 1.807) is 60.7 Å². The Morgan fingerprint density at radius 2 is 1.70 bits per heavy atom. The number of nitrogens with zero attached hydrogens (tertiary/aromatic N) is 1. The standard InChI is InChI=1S/C28H24ClNO7/c1-3-34-19-9-5-16(6-10-19)25-24(26(31)17-7-11-20(29)22(13-17)35-4-2)27(32)28(33)30(25)18-8-12-21-23(14-18)37-15-36-21/h5-14,25,31H,3-4,15H2,1-2H3/b26-24+. The van der Waals surface area contributed by atoms with Crippen molar-refractivity contribution in [3.8, 4) is 23.0 Å². The van der Waals surface area contributed by atoms with Crippen LogP contribution in [-0.4, -0.2) is 36.8 Å². The second-order valence-electron chi connectivity index (χ2n) is 8.29. The summed E-state index contributed by atoms with van der Waals surface area (Å²) in [5, 5.41) is 11.8. The summed E-state index contributed by atoms with van der Waals surface area (Å²) in [6.07, 6.45) is 0. The van der Waals surface area contributed by atoms with Gasteiger partial charge in [0.2, 0.25) is 6.79 Å². The number of fused-ring (bicyclic) bond motifs is 1. The predicted molar refractivity (Wildman–Crippen MR) is 138 cm³/mol. The van der Waals surface area contributed by atoms with Gasteiger partial charge in [-0.3, -0.25) is 14.5 Å². The maximum atomic E-state index is 13.4. The van der Waals surface area contributed by atoms with E-state index < -0.39 is 17.7 Å². The molecule has 9 heteroatoms. The van der Waals surface area contributed by atoms with E-state index in [0.717, 1.165) is 0 Å². The zero-order valence-electron chi connectivity index (χ0n) is 20.2. The summed E-state index contributed by atoms with van der Waals surface area (Å²) in [6, 6.07) is 15.8. The van der Waals surface area contributed by atoms with Crippen LogP contribution in [0, 0.1) is 0 Å². The van der Waals surface area contributed by atoms with E-state index in [4.69, 9.17) is 30.5 Å². The Kier molecular flexibility index (Phi) is 6.67. The molecule has 1 unspecified atom stereocenters. The summed E-state index contributed by atoms with van der Waals surface area (Å²) in [5.74, 6) is 0.0750. The fraction of sp³-hybridized carbons (Fsp3) is 0.214. The lowest BCUT2D eigenvalue weighted by molar-refractivity contribution is -0.132. The molecule has 0 bridgehead atoms. The van der Waals surface area contributed by atoms with Crippen molar-refractivity contribution in [2.24, 2.45) is 0 Å². The summed E-state index contributed by atoms with van der Waals surface area (Å²) in [4.78, 5) is 28.2. The number of anilines is 1. The second kappa shape index (κ2) is 10.1. The lowest BCUT2D eigenvalue weighted by atomic mass is 9.95. The molecule has 2 aliphatic rings. The Bertz CT molecular complexity index is 1400. The topological polar surface area (TPSA) is 94.5 Å². The van der Waals surface area contributed by atoms with E-state index in [9.17, 15) is 14.7 Å². The van der Waals surface area contributed by atoms with Crippen molar-refractivity contribution in [3.05, 3.63) is 82.4 Å². The largest absolute Gasteiger partial charge is 0.507 e. The van der Waals surface area contributed by atoms with Gasteiger partial charge in [0.15, 0.2) is 11.5 Å². The fourth-order valence-corrected chi connectivity index (χ4v) is 4.61. The average Bonchev–Trinajstić information content (AvgIpc) is 3.47. The van der Waals surface area contributed by atoms with Crippen LogP contribution in [0.2, 0.25) is 5.02 Å². The van der Waals surface area contributed by atoms with Crippen LogP contribution in [0.1, 0.15) is 31.0 Å². The monoisotopic (exact) mass is 521 g/mol. The van der Waals surface area contributed by atoms with Crippen molar-refractivity contribution in [3.63, 3.8) is 0 Å². The minimum Gasteiger partial charge on any atom is -0.507 e. The number of Topliss-reactive ketones (excluding diaryl/α,β-unsaturated/α-hetero) is 1. The molecule has 190 valence electrons. The van der Waals surface area contributed by atoms with Crippen LogP contribution < -0.4 is 23.8 Å². The van der Waals surface area contributed by atoms with Gasteiger partial charge in [0.05, 0.1) is 29.9 Å². The van der Waals surface area contributed by atoms with E-state index in [0.29, 0.717) is 58.0 Å². The molecule has 0 aromatic heterocycles. The van der Waals surface area contributed by atoms with E-state index in [-0.39, 0.29) is 18.1 Å². The Morgan fingerprint density at radius 1 is 0.973 bits per heavy atom. The van der Waals surface area contributed by atoms with Crippen LogP contribution >= 0.6 is 11.6 Å². The quantitative estimate of drug-likeness (QED) is 0.249. The summed E-state index contributed by atoms with van der Waals surface area (Å²) >= 11 is 6.22. The van der Waals surface area contributed by atoms with Gasteiger partial charge in [-0.25, -0.2) is 0 Å². The van der Waals surface area contributed by atoms with Crippen LogP contribution in [0.25, 0.3) is 5.76 Å². The Balaban J connectivity index is 1.67. The number of ether oxygens (including phenoxy) is 4. The maximum Gasteiger partial charge on any atom is 0.300 e. The van der Waals surface area contributed by atoms with E-state index in [1.807, 2.05) is 13.8 Å². The molecule has 1 fully saturated rings. The summed E-state index contributed by atoms with van der Waals surface area (Å²) in [5.41, 5.74) is 1.28. The van der Waals surface area contributed by atoms with Gasteiger partial charge in [-0.1, -0.05) is 23.7 Å². The van der Waals surface area contributed by atoms with Gasteiger partial charge in [-0.05, 0) is 61.9 Å². The molecule has 8 nitrogen and oxygen atoms in total. The van der Waals surface area contributed by atoms with Gasteiger partial charge in [0.25, 0.3) is 11.7 Å². The highest BCUT2D eigenvalue weighted by Gasteiger charge is 2.47. The Morgan fingerprint density at radius 3 is 2.43 bits per heavy atom. The molecule has 5 rings (SSSR count). The zero-order chi connectivity index (χ0) is 26.1. The maximum absolute atomic E-state index is 13.4. The first-order valence-electron chi connectivity index (χ1n) is 11.8. The molecule has 1 saturated heterocycles. The SMILES string of the molecule is CCOc1ccc(C2/C(=C(\O)c3ccc(Cl)c(OCC)c3)C(=O)C(=O)N2c2ccc3c(c2)OCO3)cc1. The first-order valence-corrected chi connectivity index (χ1v) is 12.2. The molecule has 0 aliphatic carbocycles. The third-order valence-electron chi connectivity index (χ3n) is 6.09. The third-order valence-corrected chi connectivity index (χ3v) is 6.40. The molecular formula is C28H24ClNO7. The van der Waals surface area contributed by atoms with Crippen molar-refractivity contribution < 1.29 is 33.6 Å². The lowest BCUT2D eigenvalue weighted by Gasteiger charge is -2.26. The number of aliphatic hydroxyl groups is 1. The number of rotatable bonds is 7. The van der Waals surface area contributed by atoms with Crippen molar-refractivity contribution >= 4 is 34.7 Å². The van der Waals surface area contributed by atoms with Crippen LogP contribution in [0.5, 0.6) is 23.0 Å². The number of carbonyl (C=O) groups excluding carboxylic acids is 2. The van der Waals surface area contributed by atoms with Crippen molar-refractivity contribution in [2.45, 2.75) is 19.9 Å². The van der Waals surface area contributed by atoms with Gasteiger partial charge in [-0.2, -0.15) is 0 Å². The molecular weight excluding hydrogens is 498 g/mol. The van der Waals surface area contributed by atoms with E-state index in [2.05, 4.69) is 0 Å². The van der Waals surface area contributed by atoms with Crippen LogP contribution in [0.3, 0.4) is 0 Å². The van der Waals surface area contributed by atoms with Crippen molar-refractivity contribution in [1.82, 2.24) is 0 Å². The molecule has 3 aromatic carbocycles. The van der Waals surface area contributed by atoms with Crippen molar-refractivity contribution in [2.75, 3.05) is 24.9 Å². The first-order chi connectivity index (χ1) is 17.9. The first kappa shape index (κ1) is 24.5. The van der Waals surface area contributed by atoms with Crippen LogP contribution in [-0.2, 0) is 9.59 Å². The lowest BCUT2D eigenvalue weighted by Crippen LogP contribution is -2.29. The highest BCUT2D eigenvalue weighted by Crippen LogP contribution is 2.45. The van der Waals surface area contributed by atoms with E-state index in [1.165, 1.54) is 4.90 Å². The number of ketones is 1. The van der Waals surface area contributed by atoms with E-state index >= 15 is 0 Å². The molecule has 2 heterocycles. The minimum atomic E-state index is -0.915. The summed E-state index contributed by atoms with van der Waals surface area (Å²) < 4.78 is 22.0. The number of hydrogen-bond donors (Lipinski definition) is 1. The number of hydrogen-bond acceptors (Lipinski definition) is 7. The Hall–Kier alpha value is -4.17. The number of benzene rings is 3. The summed E-state index contributed by atoms with van der Waals surface area (Å²) in [6.45, 7) is 4.62. The van der Waals surface area contributed by atoms with Gasteiger partial charge in [0.1, 0.15) is 17.3 Å². The fourth-order valence-electron chi connectivity index (χ4n) is 4.43. The smallest absolute Gasteiger partial charge is 0.300 e. The molecule has 0 saturated carbocycles. The van der Waals surface area contributed by atoms with Gasteiger partial charge >= 0.3 is 0 Å². The van der Waals surface area contributed by atoms with Crippen LogP contribution in [0.4, 0.5) is 5.69 Å². The minimum absolute atomic E-state index is 0.0587. The highest BCUT2D eigenvalue weighted by atomic mass is 35.5. The molecule has 3 aromatic rings. The molecule has 1 N–H and O–H groups in total. The highest BCUT2D eigenvalue weighted by molar-refractivity contribution is 6.51. The number of halogens is 1. The Labute approximate surface area is 218 Å². The number of amides is 1. The normalized spacial score (nSPS) is 17.8. The molecule has 0 spiro atoms. The molecule has 1 atom stereocenters. The van der Waals surface area contributed by atoms with Gasteiger partial charge in [-0.15, -0.1) is 0 Å².